The summed E-state index contributed by atoms with van der Waals surface area (Å²) in [6.45, 7) is 0.00909. The van der Waals surface area contributed by atoms with Crippen LogP contribution in [0.25, 0.3) is 17.2 Å². The number of aromatic nitrogens is 1. The maximum Gasteiger partial charge on any atom is 0.516 e. The highest BCUT2D eigenvalue weighted by atomic mass is 32.2. The summed E-state index contributed by atoms with van der Waals surface area (Å²) >= 11 is 1.39. The van der Waals surface area contributed by atoms with Gasteiger partial charge in [0.15, 0.2) is 5.78 Å². The van der Waals surface area contributed by atoms with Crippen LogP contribution in [-0.2, 0) is 10.0 Å². The number of benzene rings is 2. The summed E-state index contributed by atoms with van der Waals surface area (Å²) in [4.78, 5) is 16.9. The van der Waals surface area contributed by atoms with Gasteiger partial charge in [0.05, 0.1) is 22.5 Å². The van der Waals surface area contributed by atoms with Crippen LogP contribution in [0.5, 0.6) is 5.75 Å². The molecule has 160 valence electrons. The fraction of sp³-hybridized carbons (Fsp3) is 0.100. The number of rotatable bonds is 4. The number of carbonyl (C=O) groups is 1. The molecule has 2 heterocycles. The van der Waals surface area contributed by atoms with E-state index in [1.54, 1.807) is 27.8 Å². The Bertz CT molecular complexity index is 1280. The first kappa shape index (κ1) is 21.1. The molecule has 0 saturated carbocycles. The van der Waals surface area contributed by atoms with Crippen LogP contribution in [0.4, 0.5) is 18.9 Å². The van der Waals surface area contributed by atoms with Crippen LogP contribution < -0.4 is 9.46 Å². The molecular weight excluding hydrogens is 453 g/mol. The number of carbonyl (C=O) groups excluding carboxylic acids is 1. The van der Waals surface area contributed by atoms with E-state index in [2.05, 4.69) is 4.98 Å². The second-order valence-electron chi connectivity index (χ2n) is 6.51. The first-order valence-electron chi connectivity index (χ1n) is 8.74. The largest absolute Gasteiger partial charge is 0.516 e. The molecule has 0 aliphatic carbocycles. The van der Waals surface area contributed by atoms with E-state index < -0.39 is 15.5 Å². The van der Waals surface area contributed by atoms with E-state index in [0.29, 0.717) is 22.4 Å². The molecule has 1 aromatic heterocycles. The molecule has 4 rings (SSSR count). The average molecular weight is 466 g/mol. The Morgan fingerprint density at radius 3 is 2.61 bits per heavy atom. The number of halogens is 3. The molecule has 0 saturated heterocycles. The summed E-state index contributed by atoms with van der Waals surface area (Å²) in [5, 5.41) is 1.79. The Morgan fingerprint density at radius 2 is 1.90 bits per heavy atom. The highest BCUT2D eigenvalue weighted by Crippen LogP contribution is 2.36. The van der Waals surface area contributed by atoms with Gasteiger partial charge in [0.1, 0.15) is 12.4 Å². The van der Waals surface area contributed by atoms with Crippen LogP contribution >= 0.6 is 11.3 Å². The van der Waals surface area contributed by atoms with E-state index in [9.17, 15) is 26.4 Å². The predicted molar refractivity (Wildman–Crippen MR) is 110 cm³/mol. The summed E-state index contributed by atoms with van der Waals surface area (Å²) in [6.07, 6.45) is 1.64. The number of sulfonamides is 1. The number of hydrogen-bond acceptors (Lipinski definition) is 6. The van der Waals surface area contributed by atoms with E-state index >= 15 is 0 Å². The summed E-state index contributed by atoms with van der Waals surface area (Å²) < 4.78 is 68.6. The van der Waals surface area contributed by atoms with Crippen LogP contribution in [0.1, 0.15) is 16.1 Å². The lowest BCUT2D eigenvalue weighted by Crippen LogP contribution is -2.30. The average Bonchev–Trinajstić information content (AvgIpc) is 3.22. The lowest BCUT2D eigenvalue weighted by Gasteiger charge is -2.20. The molecule has 0 fully saturated rings. The lowest BCUT2D eigenvalue weighted by atomic mass is 9.95. The lowest BCUT2D eigenvalue weighted by molar-refractivity contribution is -0.0429. The van der Waals surface area contributed by atoms with Crippen molar-refractivity contribution in [1.29, 1.82) is 0 Å². The molecule has 0 atom stereocenters. The first-order valence-corrected chi connectivity index (χ1v) is 11.2. The molecule has 0 spiro atoms. The van der Waals surface area contributed by atoms with Gasteiger partial charge >= 0.3 is 15.5 Å². The molecule has 1 aliphatic heterocycles. The third-order valence-corrected chi connectivity index (χ3v) is 6.16. The molecule has 6 nitrogen and oxygen atoms in total. The molecule has 0 radical (unpaired) electrons. The molecule has 1 aliphatic rings. The topological polar surface area (TPSA) is 85.4 Å². The standard InChI is InChI=1S/C20H13F3N2O4S2/c21-20(22,23)31(27,28)25-17-4-2-1-3-15(17)12-5-6-16-18(8-12)29-9-13(19(16)26)7-14-10-30-11-24-14/h1-8,10-11,25H,9H2. The van der Waals surface area contributed by atoms with Gasteiger partial charge in [-0.2, -0.15) is 21.6 Å². The van der Waals surface area contributed by atoms with Crippen molar-refractivity contribution in [2.45, 2.75) is 5.51 Å². The number of alkyl halides is 3. The smallest absolute Gasteiger partial charge is 0.488 e. The molecule has 11 heteroatoms. The summed E-state index contributed by atoms with van der Waals surface area (Å²) in [5.74, 6) is 0.0123. The number of para-hydroxylation sites is 1. The third kappa shape index (κ3) is 4.19. The molecule has 0 amide bonds. The minimum atomic E-state index is -5.59. The number of hydrogen-bond donors (Lipinski definition) is 1. The number of thiazole rings is 1. The zero-order valence-corrected chi connectivity index (χ0v) is 17.1. The Morgan fingerprint density at radius 1 is 1.13 bits per heavy atom. The van der Waals surface area contributed by atoms with Gasteiger partial charge in [-0.05, 0) is 29.8 Å². The van der Waals surface area contributed by atoms with Gasteiger partial charge in [0.2, 0.25) is 0 Å². The molecule has 1 N–H and O–H groups in total. The van der Waals surface area contributed by atoms with E-state index in [-0.39, 0.29) is 29.4 Å². The third-order valence-electron chi connectivity index (χ3n) is 4.46. The molecule has 3 aromatic rings. The van der Waals surface area contributed by atoms with Crippen LogP contribution in [0.15, 0.2) is 58.9 Å². The van der Waals surface area contributed by atoms with Gasteiger partial charge in [-0.1, -0.05) is 24.3 Å². The minimum Gasteiger partial charge on any atom is -0.488 e. The van der Waals surface area contributed by atoms with Crippen molar-refractivity contribution in [3.05, 3.63) is 70.2 Å². The Balaban J connectivity index is 1.68. The summed E-state index contributed by atoms with van der Waals surface area (Å²) in [7, 11) is -5.59. The second kappa shape index (κ2) is 7.82. The number of anilines is 1. The van der Waals surface area contributed by atoms with E-state index in [1.165, 1.54) is 47.7 Å². The fourth-order valence-corrected chi connectivity index (χ4v) is 4.09. The van der Waals surface area contributed by atoms with Gasteiger partial charge in [-0.15, -0.1) is 11.3 Å². The predicted octanol–water partition coefficient (Wildman–Crippen LogP) is 4.73. The number of ether oxygens (including phenoxy) is 1. The van der Waals surface area contributed by atoms with Crippen LogP contribution in [0.2, 0.25) is 0 Å². The highest BCUT2D eigenvalue weighted by Gasteiger charge is 2.46. The van der Waals surface area contributed by atoms with Crippen LogP contribution in [0.3, 0.4) is 0 Å². The van der Waals surface area contributed by atoms with Crippen molar-refractivity contribution in [3.63, 3.8) is 0 Å². The molecular formula is C20H13F3N2O4S2. The number of fused-ring (bicyclic) bond motifs is 1. The normalized spacial score (nSPS) is 15.5. The monoisotopic (exact) mass is 466 g/mol. The van der Waals surface area contributed by atoms with E-state index in [4.69, 9.17) is 4.74 Å². The summed E-state index contributed by atoms with van der Waals surface area (Å²) in [6, 6.07) is 10.2. The maximum absolute atomic E-state index is 12.8. The van der Waals surface area contributed by atoms with Gasteiger partial charge in [0.25, 0.3) is 0 Å². The number of nitrogens with zero attached hydrogens (tertiary/aromatic N) is 1. The van der Waals surface area contributed by atoms with Gasteiger partial charge in [-0.25, -0.2) is 4.98 Å². The molecule has 0 unspecified atom stereocenters. The van der Waals surface area contributed by atoms with Crippen LogP contribution in [0, 0.1) is 0 Å². The van der Waals surface area contributed by atoms with Crippen LogP contribution in [-0.4, -0.2) is 31.3 Å². The SMILES string of the molecule is O=C1C(=Cc2cscn2)COc2cc(-c3ccccc3NS(=O)(=O)C(F)(F)F)ccc21. The number of Topliss-reactive ketones (excluding diaryl/α,β-unsaturated/α-hetero) is 1. The van der Waals surface area contributed by atoms with Crippen molar-refractivity contribution in [2.75, 3.05) is 11.3 Å². The first-order chi connectivity index (χ1) is 14.7. The zero-order valence-electron chi connectivity index (χ0n) is 15.5. The fourth-order valence-electron chi connectivity index (χ4n) is 3.00. The maximum atomic E-state index is 12.8. The Kier molecular flexibility index (Phi) is 5.31. The van der Waals surface area contributed by atoms with Gasteiger partial charge in [-0.3, -0.25) is 9.52 Å². The summed E-state index contributed by atoms with van der Waals surface area (Å²) in [5.41, 5.74) is -2.10. The Labute approximate surface area is 179 Å². The minimum absolute atomic E-state index is 0.00909. The number of nitrogens with one attached hydrogen (secondary N) is 1. The van der Waals surface area contributed by atoms with E-state index in [0.717, 1.165) is 0 Å². The van der Waals surface area contributed by atoms with Crippen molar-refractivity contribution in [3.8, 4) is 16.9 Å². The van der Waals surface area contributed by atoms with E-state index in [1.807, 2.05) is 0 Å². The van der Waals surface area contributed by atoms with Crippen molar-refractivity contribution < 1.29 is 31.1 Å². The van der Waals surface area contributed by atoms with Crippen molar-refractivity contribution >= 4 is 38.9 Å². The quantitative estimate of drug-likeness (QED) is 0.562. The van der Waals surface area contributed by atoms with Crippen molar-refractivity contribution in [1.82, 2.24) is 4.98 Å². The molecule has 2 aromatic carbocycles. The number of ketones is 1. The second-order valence-corrected chi connectivity index (χ2v) is 8.90. The van der Waals surface area contributed by atoms with Gasteiger partial charge < -0.3 is 4.74 Å². The Hall–Kier alpha value is -3.18. The molecule has 31 heavy (non-hydrogen) atoms. The van der Waals surface area contributed by atoms with Crippen molar-refractivity contribution in [2.24, 2.45) is 0 Å². The highest BCUT2D eigenvalue weighted by molar-refractivity contribution is 7.93. The zero-order chi connectivity index (χ0) is 22.2. The molecule has 0 bridgehead atoms. The van der Waals surface area contributed by atoms with Gasteiger partial charge in [0, 0.05) is 16.5 Å².